The number of phenolic OH excluding ortho intramolecular Hbond substituents is 1. The second-order valence-corrected chi connectivity index (χ2v) is 5.91. The van der Waals surface area contributed by atoms with Crippen molar-refractivity contribution >= 4 is 11.7 Å². The number of aliphatic hydroxyl groups is 1. The molecule has 0 radical (unpaired) electrons. The number of carbonyl (C=O) groups excluding carboxylic acids is 2. The number of ketones is 1. The maximum atomic E-state index is 12.4. The van der Waals surface area contributed by atoms with E-state index in [9.17, 15) is 19.8 Å². The zero-order chi connectivity index (χ0) is 16.6. The second-order valence-electron chi connectivity index (χ2n) is 5.91. The van der Waals surface area contributed by atoms with Crippen LogP contribution in [0.4, 0.5) is 0 Å². The van der Waals surface area contributed by atoms with E-state index in [0.29, 0.717) is 18.7 Å². The number of carbonyl (C=O) groups is 2. The van der Waals surface area contributed by atoms with E-state index in [2.05, 4.69) is 0 Å². The Hall–Kier alpha value is -2.34. The highest BCUT2D eigenvalue weighted by atomic mass is 16.5. The first kappa shape index (κ1) is 15.6. The van der Waals surface area contributed by atoms with Gasteiger partial charge in [0, 0.05) is 13.2 Å². The number of hydrogen-bond acceptors (Lipinski definition) is 5. The smallest absolute Gasteiger partial charge is 0.290 e. The molecule has 1 amide bonds. The van der Waals surface area contributed by atoms with Crippen molar-refractivity contribution in [1.82, 2.24) is 4.90 Å². The predicted octanol–water partition coefficient (Wildman–Crippen LogP) is 1.86. The molecule has 2 heterocycles. The van der Waals surface area contributed by atoms with Crippen LogP contribution in [0.5, 0.6) is 5.75 Å². The standard InChI is InChI=1S/C17H19NO5/c1-10(19)14-15(11-4-6-12(20)7-5-11)18(17(22)16(14)21)9-13-3-2-8-23-13/h4-7,13,15,20-21H,2-3,8-9H2,1H3. The summed E-state index contributed by atoms with van der Waals surface area (Å²) in [4.78, 5) is 25.9. The van der Waals surface area contributed by atoms with E-state index in [0.717, 1.165) is 12.8 Å². The van der Waals surface area contributed by atoms with Crippen LogP contribution >= 0.6 is 0 Å². The molecule has 3 rings (SSSR count). The summed E-state index contributed by atoms with van der Waals surface area (Å²) in [7, 11) is 0. The van der Waals surface area contributed by atoms with Crippen LogP contribution in [0.3, 0.4) is 0 Å². The van der Waals surface area contributed by atoms with Crippen molar-refractivity contribution in [3.63, 3.8) is 0 Å². The van der Waals surface area contributed by atoms with Crippen molar-refractivity contribution in [1.29, 1.82) is 0 Å². The van der Waals surface area contributed by atoms with Crippen molar-refractivity contribution < 1.29 is 24.5 Å². The minimum absolute atomic E-state index is 0.0855. The second kappa shape index (κ2) is 6.04. The van der Waals surface area contributed by atoms with Crippen molar-refractivity contribution in [3.8, 4) is 5.75 Å². The van der Waals surface area contributed by atoms with E-state index < -0.39 is 17.7 Å². The van der Waals surface area contributed by atoms with Crippen LogP contribution in [0.25, 0.3) is 0 Å². The molecule has 2 unspecified atom stereocenters. The predicted molar refractivity (Wildman–Crippen MR) is 81.9 cm³/mol. The van der Waals surface area contributed by atoms with E-state index in [1.165, 1.54) is 24.0 Å². The van der Waals surface area contributed by atoms with Crippen LogP contribution in [0.15, 0.2) is 35.6 Å². The van der Waals surface area contributed by atoms with Gasteiger partial charge in [-0.05, 0) is 37.5 Å². The SMILES string of the molecule is CC(=O)C1=C(O)C(=O)N(CC2CCCO2)C1c1ccc(O)cc1. The van der Waals surface area contributed by atoms with Gasteiger partial charge in [-0.2, -0.15) is 0 Å². The monoisotopic (exact) mass is 317 g/mol. The Morgan fingerprint density at radius 1 is 1.30 bits per heavy atom. The molecule has 2 aliphatic heterocycles. The zero-order valence-electron chi connectivity index (χ0n) is 12.9. The third kappa shape index (κ3) is 2.82. The Bertz CT molecular complexity index is 658. The van der Waals surface area contributed by atoms with Crippen molar-refractivity contribution in [3.05, 3.63) is 41.2 Å². The fourth-order valence-corrected chi connectivity index (χ4v) is 3.21. The minimum Gasteiger partial charge on any atom is -0.508 e. The molecule has 0 aromatic heterocycles. The van der Waals surface area contributed by atoms with Gasteiger partial charge in [0.05, 0.1) is 17.7 Å². The van der Waals surface area contributed by atoms with Gasteiger partial charge in [-0.1, -0.05) is 12.1 Å². The Labute approximate surface area is 134 Å². The molecule has 1 aromatic carbocycles. The lowest BCUT2D eigenvalue weighted by atomic mass is 9.96. The highest BCUT2D eigenvalue weighted by Crippen LogP contribution is 2.38. The molecule has 0 aliphatic carbocycles. The fraction of sp³-hybridized carbons (Fsp3) is 0.412. The highest BCUT2D eigenvalue weighted by Gasteiger charge is 2.43. The Morgan fingerprint density at radius 2 is 2.00 bits per heavy atom. The van der Waals surface area contributed by atoms with E-state index in [-0.39, 0.29) is 23.2 Å². The molecular formula is C17H19NO5. The maximum Gasteiger partial charge on any atom is 0.290 e. The quantitative estimate of drug-likeness (QED) is 0.885. The summed E-state index contributed by atoms with van der Waals surface area (Å²) in [5.74, 6) is -1.29. The molecule has 122 valence electrons. The van der Waals surface area contributed by atoms with Crippen molar-refractivity contribution in [2.45, 2.75) is 31.9 Å². The van der Waals surface area contributed by atoms with E-state index >= 15 is 0 Å². The average Bonchev–Trinajstić information content (AvgIpc) is 3.10. The summed E-state index contributed by atoms with van der Waals surface area (Å²) in [6, 6.07) is 5.65. The van der Waals surface area contributed by atoms with Gasteiger partial charge in [0.15, 0.2) is 11.5 Å². The van der Waals surface area contributed by atoms with E-state index in [4.69, 9.17) is 4.74 Å². The molecule has 2 N–H and O–H groups in total. The molecule has 0 spiro atoms. The molecule has 6 nitrogen and oxygen atoms in total. The summed E-state index contributed by atoms with van der Waals surface area (Å²) < 4.78 is 5.58. The lowest BCUT2D eigenvalue weighted by Crippen LogP contribution is -2.37. The first-order chi connectivity index (χ1) is 11.0. The molecule has 0 bridgehead atoms. The molecule has 1 aromatic rings. The average molecular weight is 317 g/mol. The maximum absolute atomic E-state index is 12.4. The van der Waals surface area contributed by atoms with Crippen LogP contribution in [0.1, 0.15) is 31.4 Å². The lowest BCUT2D eigenvalue weighted by Gasteiger charge is -2.28. The molecule has 23 heavy (non-hydrogen) atoms. The van der Waals surface area contributed by atoms with Crippen LogP contribution in [0, 0.1) is 0 Å². The molecule has 1 saturated heterocycles. The summed E-state index contributed by atoms with van der Waals surface area (Å²) in [6.45, 7) is 2.32. The normalized spacial score (nSPS) is 24.6. The zero-order valence-corrected chi connectivity index (χ0v) is 12.9. The number of phenols is 1. The van der Waals surface area contributed by atoms with E-state index in [1.807, 2.05) is 0 Å². The van der Waals surface area contributed by atoms with Gasteiger partial charge in [-0.25, -0.2) is 0 Å². The van der Waals surface area contributed by atoms with Gasteiger partial charge in [0.1, 0.15) is 5.75 Å². The minimum atomic E-state index is -0.648. The largest absolute Gasteiger partial charge is 0.508 e. The summed E-state index contributed by atoms with van der Waals surface area (Å²) in [6.07, 6.45) is 1.70. The van der Waals surface area contributed by atoms with Gasteiger partial charge >= 0.3 is 0 Å². The first-order valence-electron chi connectivity index (χ1n) is 7.64. The van der Waals surface area contributed by atoms with Gasteiger partial charge in [0.2, 0.25) is 0 Å². The Kier molecular flexibility index (Phi) is 4.09. The topological polar surface area (TPSA) is 87.1 Å². The number of rotatable bonds is 4. The molecule has 2 atom stereocenters. The number of nitrogens with zero attached hydrogens (tertiary/aromatic N) is 1. The first-order valence-corrected chi connectivity index (χ1v) is 7.64. The third-order valence-corrected chi connectivity index (χ3v) is 4.32. The summed E-state index contributed by atoms with van der Waals surface area (Å²) in [5, 5.41) is 19.6. The lowest BCUT2D eigenvalue weighted by molar-refractivity contribution is -0.131. The van der Waals surface area contributed by atoms with Crippen molar-refractivity contribution in [2.24, 2.45) is 0 Å². The van der Waals surface area contributed by atoms with Crippen LogP contribution in [-0.2, 0) is 14.3 Å². The molecule has 6 heteroatoms. The van der Waals surface area contributed by atoms with Gasteiger partial charge in [-0.3, -0.25) is 9.59 Å². The number of amides is 1. The Morgan fingerprint density at radius 3 is 2.57 bits per heavy atom. The van der Waals surface area contributed by atoms with Gasteiger partial charge in [0.25, 0.3) is 5.91 Å². The number of benzene rings is 1. The van der Waals surface area contributed by atoms with E-state index in [1.54, 1.807) is 12.1 Å². The fourth-order valence-electron chi connectivity index (χ4n) is 3.21. The number of aliphatic hydroxyl groups excluding tert-OH is 1. The Balaban J connectivity index is 1.98. The number of hydrogen-bond donors (Lipinski definition) is 2. The molecule has 1 fully saturated rings. The molecule has 0 saturated carbocycles. The van der Waals surface area contributed by atoms with Gasteiger partial charge < -0.3 is 19.8 Å². The number of ether oxygens (including phenoxy) is 1. The molecule has 2 aliphatic rings. The summed E-state index contributed by atoms with van der Waals surface area (Å²) >= 11 is 0. The summed E-state index contributed by atoms with van der Waals surface area (Å²) in [5.41, 5.74) is 0.766. The van der Waals surface area contributed by atoms with Gasteiger partial charge in [-0.15, -0.1) is 0 Å². The number of aromatic hydroxyl groups is 1. The molecular weight excluding hydrogens is 298 g/mol. The number of Topliss-reactive ketones (excluding diaryl/α,β-unsaturated/α-hetero) is 1. The van der Waals surface area contributed by atoms with Crippen LogP contribution < -0.4 is 0 Å². The third-order valence-electron chi connectivity index (χ3n) is 4.32. The highest BCUT2D eigenvalue weighted by molar-refractivity contribution is 6.08. The van der Waals surface area contributed by atoms with Crippen LogP contribution in [0.2, 0.25) is 0 Å². The van der Waals surface area contributed by atoms with Crippen molar-refractivity contribution in [2.75, 3.05) is 13.2 Å². The van der Waals surface area contributed by atoms with Crippen LogP contribution in [-0.4, -0.2) is 46.1 Å².